The van der Waals surface area contributed by atoms with Crippen molar-refractivity contribution in [2.75, 3.05) is 11.9 Å². The molecule has 21 heavy (non-hydrogen) atoms. The van der Waals surface area contributed by atoms with Crippen LogP contribution in [0.3, 0.4) is 0 Å². The van der Waals surface area contributed by atoms with Crippen LogP contribution in [0.5, 0.6) is 0 Å². The van der Waals surface area contributed by atoms with Gasteiger partial charge < -0.3 is 10.4 Å². The van der Waals surface area contributed by atoms with E-state index in [1.807, 2.05) is 0 Å². The van der Waals surface area contributed by atoms with Crippen molar-refractivity contribution in [1.82, 2.24) is 9.97 Å². The molecule has 10 heteroatoms. The molecule has 110 valence electrons. The minimum absolute atomic E-state index is 0.0153. The van der Waals surface area contributed by atoms with Crippen molar-refractivity contribution < 1.29 is 14.8 Å². The lowest BCUT2D eigenvalue weighted by atomic mass is 10.4. The Kier molecular flexibility index (Phi) is 4.66. The van der Waals surface area contributed by atoms with Gasteiger partial charge in [0.25, 0.3) is 5.69 Å². The lowest BCUT2D eigenvalue weighted by Gasteiger charge is -2.05. The van der Waals surface area contributed by atoms with Crippen LogP contribution in [0.25, 0.3) is 0 Å². The van der Waals surface area contributed by atoms with E-state index in [-0.39, 0.29) is 16.4 Å². The largest absolute Gasteiger partial charge is 0.476 e. The molecular weight excluding hydrogens is 320 g/mol. The SMILES string of the molecule is O=C(O)c1csc(CCNc2ncc([N+](=O)[O-])cc2Cl)n1. The van der Waals surface area contributed by atoms with Gasteiger partial charge in [0.05, 0.1) is 15.0 Å². The maximum Gasteiger partial charge on any atom is 0.355 e. The summed E-state index contributed by atoms with van der Waals surface area (Å²) in [5.41, 5.74) is -0.168. The molecule has 0 amide bonds. The van der Waals surface area contributed by atoms with Crippen molar-refractivity contribution in [3.63, 3.8) is 0 Å². The Morgan fingerprint density at radius 2 is 2.33 bits per heavy atom. The third kappa shape index (κ3) is 3.86. The van der Waals surface area contributed by atoms with Crippen LogP contribution in [0, 0.1) is 10.1 Å². The molecular formula is C11H9ClN4O4S. The molecule has 0 aliphatic heterocycles. The molecule has 8 nitrogen and oxygen atoms in total. The minimum atomic E-state index is -1.06. The molecule has 0 spiro atoms. The van der Waals surface area contributed by atoms with Gasteiger partial charge in [-0.1, -0.05) is 11.6 Å². The average Bonchev–Trinajstić information content (AvgIpc) is 2.89. The first-order valence-corrected chi connectivity index (χ1v) is 6.94. The van der Waals surface area contributed by atoms with Gasteiger partial charge in [-0.3, -0.25) is 10.1 Å². The fourth-order valence-corrected chi connectivity index (χ4v) is 2.47. The van der Waals surface area contributed by atoms with Crippen LogP contribution in [0.15, 0.2) is 17.6 Å². The molecule has 0 unspecified atom stereocenters. The fraction of sp³-hybridized carbons (Fsp3) is 0.182. The summed E-state index contributed by atoms with van der Waals surface area (Å²) in [4.78, 5) is 28.5. The van der Waals surface area contributed by atoms with E-state index in [9.17, 15) is 14.9 Å². The number of aromatic nitrogens is 2. The molecule has 2 aromatic heterocycles. The van der Waals surface area contributed by atoms with Crippen molar-refractivity contribution in [1.29, 1.82) is 0 Å². The van der Waals surface area contributed by atoms with E-state index in [4.69, 9.17) is 16.7 Å². The molecule has 0 bridgehead atoms. The van der Waals surface area contributed by atoms with Crippen LogP contribution in [0.1, 0.15) is 15.5 Å². The molecule has 0 saturated heterocycles. The predicted octanol–water partition coefficient (Wildman–Crippen LogP) is 2.45. The summed E-state index contributed by atoms with van der Waals surface area (Å²) >= 11 is 7.13. The summed E-state index contributed by atoms with van der Waals surface area (Å²) in [5.74, 6) is -0.733. The number of rotatable bonds is 6. The van der Waals surface area contributed by atoms with Gasteiger partial charge in [-0.15, -0.1) is 11.3 Å². The van der Waals surface area contributed by atoms with Crippen molar-refractivity contribution in [3.05, 3.63) is 43.5 Å². The normalized spacial score (nSPS) is 10.3. The zero-order chi connectivity index (χ0) is 15.4. The zero-order valence-corrected chi connectivity index (χ0v) is 12.0. The van der Waals surface area contributed by atoms with Gasteiger partial charge in [0.2, 0.25) is 0 Å². The zero-order valence-electron chi connectivity index (χ0n) is 10.4. The van der Waals surface area contributed by atoms with Crippen LogP contribution in [-0.4, -0.2) is 32.5 Å². The summed E-state index contributed by atoms with van der Waals surface area (Å²) in [6.07, 6.45) is 1.60. The van der Waals surface area contributed by atoms with Gasteiger partial charge in [-0.2, -0.15) is 0 Å². The van der Waals surface area contributed by atoms with E-state index in [0.717, 1.165) is 6.20 Å². The van der Waals surface area contributed by atoms with Gasteiger partial charge in [-0.25, -0.2) is 14.8 Å². The van der Waals surface area contributed by atoms with Gasteiger partial charge in [0, 0.05) is 24.4 Å². The quantitative estimate of drug-likeness (QED) is 0.617. The Bertz CT molecular complexity index is 691. The van der Waals surface area contributed by atoms with E-state index in [1.54, 1.807) is 0 Å². The Balaban J connectivity index is 1.93. The van der Waals surface area contributed by atoms with Gasteiger partial charge in [0.15, 0.2) is 5.69 Å². The standard InChI is InChI=1S/C11H9ClN4O4S/c12-7-3-6(16(19)20)4-14-10(7)13-2-1-9-15-8(5-21-9)11(17)18/h3-5H,1-2H2,(H,13,14)(H,17,18). The van der Waals surface area contributed by atoms with Crippen LogP contribution >= 0.6 is 22.9 Å². The number of hydrogen-bond acceptors (Lipinski definition) is 7. The van der Waals surface area contributed by atoms with Gasteiger partial charge in [0.1, 0.15) is 12.0 Å². The van der Waals surface area contributed by atoms with E-state index in [0.29, 0.717) is 23.8 Å². The van der Waals surface area contributed by atoms with Crippen molar-refractivity contribution in [2.45, 2.75) is 6.42 Å². The number of anilines is 1. The highest BCUT2D eigenvalue weighted by atomic mass is 35.5. The number of nitro groups is 1. The molecule has 2 heterocycles. The molecule has 0 atom stereocenters. The average molecular weight is 329 g/mol. The molecule has 0 aromatic carbocycles. The molecule has 0 aliphatic carbocycles. The number of aromatic carboxylic acids is 1. The maximum absolute atomic E-state index is 10.7. The first-order valence-electron chi connectivity index (χ1n) is 5.69. The number of carboxylic acid groups (broad SMARTS) is 1. The second kappa shape index (κ2) is 6.46. The molecule has 0 fully saturated rings. The second-order valence-electron chi connectivity index (χ2n) is 3.89. The number of hydrogen-bond donors (Lipinski definition) is 2. The third-order valence-electron chi connectivity index (χ3n) is 2.44. The highest BCUT2D eigenvalue weighted by Gasteiger charge is 2.11. The molecule has 2 aromatic rings. The summed E-state index contributed by atoms with van der Waals surface area (Å²) in [6, 6.07) is 1.21. The second-order valence-corrected chi connectivity index (χ2v) is 5.24. The van der Waals surface area contributed by atoms with Crippen LogP contribution < -0.4 is 5.32 Å². The topological polar surface area (TPSA) is 118 Å². The molecule has 0 aliphatic rings. The Morgan fingerprint density at radius 1 is 1.57 bits per heavy atom. The number of halogens is 1. The number of pyridine rings is 1. The monoisotopic (exact) mass is 328 g/mol. The molecule has 2 rings (SSSR count). The van der Waals surface area contributed by atoms with Crippen molar-refractivity contribution in [2.24, 2.45) is 0 Å². The first-order chi connectivity index (χ1) is 9.97. The number of carboxylic acids is 1. The smallest absolute Gasteiger partial charge is 0.355 e. The van der Waals surface area contributed by atoms with Crippen LogP contribution in [0.4, 0.5) is 11.5 Å². The van der Waals surface area contributed by atoms with Crippen LogP contribution in [0.2, 0.25) is 5.02 Å². The first kappa shape index (κ1) is 15.1. The Labute approximate surface area is 127 Å². The van der Waals surface area contributed by atoms with Crippen molar-refractivity contribution in [3.8, 4) is 0 Å². The number of nitrogens with one attached hydrogen (secondary N) is 1. The van der Waals surface area contributed by atoms with E-state index in [2.05, 4.69) is 15.3 Å². The van der Waals surface area contributed by atoms with E-state index >= 15 is 0 Å². The Hall–Kier alpha value is -2.26. The van der Waals surface area contributed by atoms with E-state index in [1.165, 1.54) is 22.8 Å². The van der Waals surface area contributed by atoms with Crippen molar-refractivity contribution >= 4 is 40.4 Å². The molecule has 0 saturated carbocycles. The highest BCUT2D eigenvalue weighted by Crippen LogP contribution is 2.23. The summed E-state index contributed by atoms with van der Waals surface area (Å²) < 4.78 is 0. The third-order valence-corrected chi connectivity index (χ3v) is 3.64. The number of nitrogens with zero attached hydrogens (tertiary/aromatic N) is 3. The highest BCUT2D eigenvalue weighted by molar-refractivity contribution is 7.09. The van der Waals surface area contributed by atoms with E-state index < -0.39 is 10.9 Å². The molecule has 2 N–H and O–H groups in total. The minimum Gasteiger partial charge on any atom is -0.476 e. The summed E-state index contributed by atoms with van der Waals surface area (Å²) in [5, 5.41) is 24.5. The van der Waals surface area contributed by atoms with Crippen LogP contribution in [-0.2, 0) is 6.42 Å². The summed E-state index contributed by atoms with van der Waals surface area (Å²) in [7, 11) is 0. The van der Waals surface area contributed by atoms with Gasteiger partial charge in [-0.05, 0) is 0 Å². The maximum atomic E-state index is 10.7. The Morgan fingerprint density at radius 3 is 2.90 bits per heavy atom. The lowest BCUT2D eigenvalue weighted by Crippen LogP contribution is -2.07. The summed E-state index contributed by atoms with van der Waals surface area (Å²) in [6.45, 7) is 0.428. The fourth-order valence-electron chi connectivity index (χ4n) is 1.47. The molecule has 0 radical (unpaired) electrons. The van der Waals surface area contributed by atoms with Gasteiger partial charge >= 0.3 is 5.97 Å². The lowest BCUT2D eigenvalue weighted by molar-refractivity contribution is -0.385. The predicted molar refractivity (Wildman–Crippen MR) is 77.2 cm³/mol. The number of carbonyl (C=O) groups is 1. The number of thiazole rings is 1.